The van der Waals surface area contributed by atoms with Crippen LogP contribution in [0.25, 0.3) is 5.69 Å². The SMILES string of the molecule is Cc1nc(CN(C)[C@H]2CCS(=O)(=O)C2)n(-c2ccc3c(c2)OCCO3)n1. The van der Waals surface area contributed by atoms with Gasteiger partial charge < -0.3 is 9.47 Å². The van der Waals surface area contributed by atoms with Crippen molar-refractivity contribution in [2.75, 3.05) is 31.8 Å². The largest absolute Gasteiger partial charge is 0.486 e. The van der Waals surface area contributed by atoms with Crippen LogP contribution in [0.3, 0.4) is 0 Å². The average Bonchev–Trinajstić information content (AvgIpc) is 3.16. The molecule has 2 aromatic rings. The van der Waals surface area contributed by atoms with E-state index in [-0.39, 0.29) is 17.5 Å². The Labute approximate surface area is 152 Å². The molecule has 0 aliphatic carbocycles. The maximum atomic E-state index is 11.7. The maximum Gasteiger partial charge on any atom is 0.163 e. The van der Waals surface area contributed by atoms with Gasteiger partial charge in [0.05, 0.1) is 23.7 Å². The van der Waals surface area contributed by atoms with Crippen LogP contribution in [0.5, 0.6) is 11.5 Å². The number of hydrogen-bond donors (Lipinski definition) is 0. The van der Waals surface area contributed by atoms with Crippen molar-refractivity contribution in [3.8, 4) is 17.2 Å². The lowest BCUT2D eigenvalue weighted by Crippen LogP contribution is -2.33. The third-order valence-corrected chi connectivity index (χ3v) is 6.52. The summed E-state index contributed by atoms with van der Waals surface area (Å²) >= 11 is 0. The summed E-state index contributed by atoms with van der Waals surface area (Å²) in [6.45, 7) is 3.45. The topological polar surface area (TPSA) is 86.6 Å². The number of rotatable bonds is 4. The minimum atomic E-state index is -2.92. The molecule has 26 heavy (non-hydrogen) atoms. The Morgan fingerprint density at radius 1 is 1.27 bits per heavy atom. The number of ether oxygens (including phenoxy) is 2. The van der Waals surface area contributed by atoms with E-state index in [2.05, 4.69) is 10.1 Å². The number of aromatic nitrogens is 3. The summed E-state index contributed by atoms with van der Waals surface area (Å²) in [6.07, 6.45) is 0.663. The number of fused-ring (bicyclic) bond motifs is 1. The smallest absolute Gasteiger partial charge is 0.163 e. The predicted octanol–water partition coefficient (Wildman–Crippen LogP) is 0.966. The van der Waals surface area contributed by atoms with Crippen molar-refractivity contribution in [1.82, 2.24) is 19.7 Å². The van der Waals surface area contributed by atoms with E-state index in [1.165, 1.54) is 0 Å². The van der Waals surface area contributed by atoms with E-state index in [4.69, 9.17) is 9.47 Å². The summed E-state index contributed by atoms with van der Waals surface area (Å²) in [6, 6.07) is 5.71. The first kappa shape index (κ1) is 17.3. The molecule has 1 fully saturated rings. The Balaban J connectivity index is 1.59. The molecule has 8 nitrogen and oxygen atoms in total. The zero-order valence-corrected chi connectivity index (χ0v) is 15.7. The molecule has 1 aromatic heterocycles. The lowest BCUT2D eigenvalue weighted by Gasteiger charge is -2.23. The zero-order valence-electron chi connectivity index (χ0n) is 14.9. The van der Waals surface area contributed by atoms with Crippen molar-refractivity contribution in [1.29, 1.82) is 0 Å². The number of hydrogen-bond acceptors (Lipinski definition) is 7. The van der Waals surface area contributed by atoms with Gasteiger partial charge in [0.2, 0.25) is 0 Å². The van der Waals surface area contributed by atoms with E-state index in [9.17, 15) is 8.42 Å². The summed E-state index contributed by atoms with van der Waals surface area (Å²) in [5.41, 5.74) is 0.845. The third-order valence-electron chi connectivity index (χ3n) is 4.77. The summed E-state index contributed by atoms with van der Waals surface area (Å²) in [5, 5.41) is 4.50. The molecule has 2 aliphatic rings. The Hall–Kier alpha value is -2.13. The standard InChI is InChI=1S/C17H22N4O4S/c1-12-18-17(10-20(2)14-5-8-26(22,23)11-14)21(19-12)13-3-4-15-16(9-13)25-7-6-24-15/h3-4,9,14H,5-8,10-11H2,1-2H3/t14-/m0/s1. The fraction of sp³-hybridized carbons (Fsp3) is 0.529. The molecular weight excluding hydrogens is 356 g/mol. The predicted molar refractivity (Wildman–Crippen MR) is 95.6 cm³/mol. The van der Waals surface area contributed by atoms with Crippen LogP contribution >= 0.6 is 0 Å². The highest BCUT2D eigenvalue weighted by Crippen LogP contribution is 2.32. The maximum absolute atomic E-state index is 11.7. The van der Waals surface area contributed by atoms with Crippen molar-refractivity contribution in [3.63, 3.8) is 0 Å². The molecule has 0 radical (unpaired) electrons. The lowest BCUT2D eigenvalue weighted by molar-refractivity contribution is 0.171. The highest BCUT2D eigenvalue weighted by molar-refractivity contribution is 7.91. The third kappa shape index (κ3) is 3.41. The van der Waals surface area contributed by atoms with Crippen molar-refractivity contribution in [2.24, 2.45) is 0 Å². The molecule has 0 unspecified atom stereocenters. The Bertz CT molecular complexity index is 925. The first-order chi connectivity index (χ1) is 12.4. The molecular formula is C17H22N4O4S. The first-order valence-electron chi connectivity index (χ1n) is 8.64. The van der Waals surface area contributed by atoms with E-state index in [1.54, 1.807) is 4.68 Å². The molecule has 0 N–H and O–H groups in total. The Kier molecular flexibility index (Phi) is 4.36. The van der Waals surface area contributed by atoms with Gasteiger partial charge in [-0.25, -0.2) is 18.1 Å². The van der Waals surface area contributed by atoms with Crippen molar-refractivity contribution in [2.45, 2.75) is 25.9 Å². The van der Waals surface area contributed by atoms with Crippen molar-refractivity contribution in [3.05, 3.63) is 29.8 Å². The van der Waals surface area contributed by atoms with Gasteiger partial charge in [0.25, 0.3) is 0 Å². The highest BCUT2D eigenvalue weighted by Gasteiger charge is 2.31. The molecule has 0 saturated carbocycles. The van der Waals surface area contributed by atoms with E-state index >= 15 is 0 Å². The van der Waals surface area contributed by atoms with Gasteiger partial charge in [0.15, 0.2) is 21.3 Å². The normalized spacial score (nSPS) is 21.3. The fourth-order valence-electron chi connectivity index (χ4n) is 3.41. The van der Waals surface area contributed by atoms with Gasteiger partial charge in [-0.15, -0.1) is 0 Å². The molecule has 1 saturated heterocycles. The molecule has 0 amide bonds. The van der Waals surface area contributed by atoms with Crippen LogP contribution in [0.1, 0.15) is 18.1 Å². The summed E-state index contributed by atoms with van der Waals surface area (Å²) < 4.78 is 36.5. The fourth-order valence-corrected chi connectivity index (χ4v) is 5.21. The minimum Gasteiger partial charge on any atom is -0.486 e. The van der Waals surface area contributed by atoms with Crippen LogP contribution in [0.15, 0.2) is 18.2 Å². The molecule has 9 heteroatoms. The van der Waals surface area contributed by atoms with Gasteiger partial charge in [0, 0.05) is 12.1 Å². The van der Waals surface area contributed by atoms with Crippen LogP contribution < -0.4 is 9.47 Å². The molecule has 3 heterocycles. The number of benzene rings is 1. The molecule has 1 atom stereocenters. The van der Waals surface area contributed by atoms with Crippen LogP contribution in [-0.2, 0) is 16.4 Å². The number of aryl methyl sites for hydroxylation is 1. The first-order valence-corrected chi connectivity index (χ1v) is 10.5. The van der Waals surface area contributed by atoms with Gasteiger partial charge in [-0.05, 0) is 32.5 Å². The summed E-state index contributed by atoms with van der Waals surface area (Å²) in [4.78, 5) is 6.58. The average molecular weight is 378 g/mol. The van der Waals surface area contributed by atoms with E-state index < -0.39 is 9.84 Å². The van der Waals surface area contributed by atoms with E-state index in [1.807, 2.05) is 37.1 Å². The number of sulfone groups is 1. The van der Waals surface area contributed by atoms with Gasteiger partial charge in [-0.3, -0.25) is 4.90 Å². The monoisotopic (exact) mass is 378 g/mol. The second kappa shape index (κ2) is 6.55. The second-order valence-electron chi connectivity index (χ2n) is 6.79. The molecule has 1 aromatic carbocycles. The van der Waals surface area contributed by atoms with E-state index in [0.29, 0.717) is 37.8 Å². The summed E-state index contributed by atoms with van der Waals surface area (Å²) in [5.74, 6) is 3.33. The van der Waals surface area contributed by atoms with Crippen molar-refractivity contribution < 1.29 is 17.9 Å². The van der Waals surface area contributed by atoms with Gasteiger partial charge in [0.1, 0.15) is 24.9 Å². The van der Waals surface area contributed by atoms with Gasteiger partial charge in [-0.2, -0.15) is 5.10 Å². The summed E-state index contributed by atoms with van der Waals surface area (Å²) in [7, 11) is -0.981. The minimum absolute atomic E-state index is 0.0192. The van der Waals surface area contributed by atoms with Gasteiger partial charge >= 0.3 is 0 Å². The zero-order chi connectivity index (χ0) is 18.3. The van der Waals surface area contributed by atoms with Crippen LogP contribution in [0.4, 0.5) is 0 Å². The second-order valence-corrected chi connectivity index (χ2v) is 9.02. The number of nitrogens with zero attached hydrogens (tertiary/aromatic N) is 4. The van der Waals surface area contributed by atoms with Crippen molar-refractivity contribution >= 4 is 9.84 Å². The quantitative estimate of drug-likeness (QED) is 0.783. The molecule has 4 rings (SSSR count). The molecule has 0 spiro atoms. The Morgan fingerprint density at radius 2 is 2.04 bits per heavy atom. The van der Waals surface area contributed by atoms with Crippen LogP contribution in [0, 0.1) is 6.92 Å². The van der Waals surface area contributed by atoms with Gasteiger partial charge in [-0.1, -0.05) is 0 Å². The molecule has 0 bridgehead atoms. The Morgan fingerprint density at radius 3 is 2.77 bits per heavy atom. The van der Waals surface area contributed by atoms with E-state index in [0.717, 1.165) is 17.3 Å². The highest BCUT2D eigenvalue weighted by atomic mass is 32.2. The van der Waals surface area contributed by atoms with Crippen LogP contribution in [0.2, 0.25) is 0 Å². The molecule has 140 valence electrons. The molecule has 2 aliphatic heterocycles. The van der Waals surface area contributed by atoms with Crippen LogP contribution in [-0.4, -0.2) is 65.9 Å². The lowest BCUT2D eigenvalue weighted by atomic mass is 10.2.